The van der Waals surface area contributed by atoms with Crippen LogP contribution in [0.25, 0.3) is 0 Å². The highest BCUT2D eigenvalue weighted by atomic mass is 35.5. The van der Waals surface area contributed by atoms with Gasteiger partial charge in [0.15, 0.2) is 0 Å². The summed E-state index contributed by atoms with van der Waals surface area (Å²) in [6, 6.07) is 12.3. The van der Waals surface area contributed by atoms with Gasteiger partial charge in [-0.05, 0) is 30.7 Å². The molecule has 1 aliphatic heterocycles. The summed E-state index contributed by atoms with van der Waals surface area (Å²) < 4.78 is 10.5. The number of carbonyl (C=O) groups excluding carboxylic acids is 2. The molecule has 30 heavy (non-hydrogen) atoms. The third-order valence-corrected chi connectivity index (χ3v) is 5.36. The molecule has 0 spiro atoms. The Morgan fingerprint density at radius 1 is 1.03 bits per heavy atom. The van der Waals surface area contributed by atoms with E-state index in [4.69, 9.17) is 21.1 Å². The normalized spacial score (nSPS) is 14.7. The Hall–Kier alpha value is -2.77. The van der Waals surface area contributed by atoms with Crippen molar-refractivity contribution in [3.8, 4) is 11.5 Å². The van der Waals surface area contributed by atoms with Gasteiger partial charge >= 0.3 is 0 Å². The first kappa shape index (κ1) is 21.9. The number of amides is 2. The van der Waals surface area contributed by atoms with Gasteiger partial charge in [-0.2, -0.15) is 0 Å². The maximum atomic E-state index is 12.8. The van der Waals surface area contributed by atoms with Gasteiger partial charge in [0, 0.05) is 32.2 Å². The molecule has 1 N–H and O–H groups in total. The molecule has 8 heteroatoms. The van der Waals surface area contributed by atoms with Crippen LogP contribution < -0.4 is 14.8 Å². The molecule has 0 bridgehead atoms. The number of rotatable bonds is 6. The molecule has 0 aliphatic carbocycles. The summed E-state index contributed by atoms with van der Waals surface area (Å²) in [7, 11) is 3.12. The fourth-order valence-electron chi connectivity index (χ4n) is 3.44. The average Bonchev–Trinajstić information content (AvgIpc) is 2.99. The molecule has 2 aromatic carbocycles. The van der Waals surface area contributed by atoms with Crippen LogP contribution in [0.1, 0.15) is 16.8 Å². The van der Waals surface area contributed by atoms with Gasteiger partial charge in [-0.1, -0.05) is 23.7 Å². The van der Waals surface area contributed by atoms with E-state index in [1.54, 1.807) is 61.6 Å². The zero-order valence-electron chi connectivity index (χ0n) is 17.2. The standard InChI is InChI=1S/C22H26ClN3O4/c1-29-16-8-9-20(30-2)19(14-16)24-21(27)15-25-10-5-11-26(13-12-25)22(28)17-6-3-4-7-18(17)23/h3-4,6-9,14H,5,10-13,15H2,1-2H3,(H,24,27). The minimum atomic E-state index is -0.146. The van der Waals surface area contributed by atoms with Crippen molar-refractivity contribution in [2.45, 2.75) is 6.42 Å². The molecule has 2 amide bonds. The molecule has 1 heterocycles. The first-order valence-corrected chi connectivity index (χ1v) is 10.2. The fourth-order valence-corrected chi connectivity index (χ4v) is 3.66. The van der Waals surface area contributed by atoms with E-state index in [0.29, 0.717) is 47.4 Å². The number of halogens is 1. The van der Waals surface area contributed by atoms with Crippen LogP contribution in [0.2, 0.25) is 5.02 Å². The Morgan fingerprint density at radius 2 is 1.83 bits per heavy atom. The van der Waals surface area contributed by atoms with Gasteiger partial charge in [-0.25, -0.2) is 0 Å². The summed E-state index contributed by atoms with van der Waals surface area (Å²) in [5.74, 6) is 0.978. The van der Waals surface area contributed by atoms with Crippen molar-refractivity contribution in [1.82, 2.24) is 9.80 Å². The number of nitrogens with zero attached hydrogens (tertiary/aromatic N) is 2. The van der Waals surface area contributed by atoms with Crippen LogP contribution in [0.3, 0.4) is 0 Å². The second-order valence-electron chi connectivity index (χ2n) is 7.02. The van der Waals surface area contributed by atoms with Gasteiger partial charge in [0.2, 0.25) is 5.91 Å². The molecule has 160 valence electrons. The van der Waals surface area contributed by atoms with Crippen molar-refractivity contribution in [3.63, 3.8) is 0 Å². The number of ether oxygens (including phenoxy) is 2. The number of carbonyl (C=O) groups is 2. The molecule has 0 atom stereocenters. The highest BCUT2D eigenvalue weighted by Crippen LogP contribution is 2.28. The Labute approximate surface area is 181 Å². The summed E-state index contributed by atoms with van der Waals surface area (Å²) >= 11 is 6.17. The molecular weight excluding hydrogens is 406 g/mol. The highest BCUT2D eigenvalue weighted by Gasteiger charge is 2.23. The molecule has 0 radical (unpaired) electrons. The smallest absolute Gasteiger partial charge is 0.255 e. The van der Waals surface area contributed by atoms with E-state index >= 15 is 0 Å². The first-order chi connectivity index (χ1) is 14.5. The minimum absolute atomic E-state index is 0.0759. The van der Waals surface area contributed by atoms with E-state index in [9.17, 15) is 9.59 Å². The van der Waals surface area contributed by atoms with Gasteiger partial charge in [0.05, 0.1) is 37.0 Å². The molecule has 0 saturated carbocycles. The van der Waals surface area contributed by atoms with Crippen LogP contribution in [0.15, 0.2) is 42.5 Å². The van der Waals surface area contributed by atoms with E-state index in [2.05, 4.69) is 5.32 Å². The lowest BCUT2D eigenvalue weighted by Crippen LogP contribution is -2.38. The third kappa shape index (κ3) is 5.43. The highest BCUT2D eigenvalue weighted by molar-refractivity contribution is 6.33. The zero-order chi connectivity index (χ0) is 21.5. The number of benzene rings is 2. The SMILES string of the molecule is COc1ccc(OC)c(NC(=O)CN2CCCN(C(=O)c3ccccc3Cl)CC2)c1. The molecule has 1 fully saturated rings. The van der Waals surface area contributed by atoms with Gasteiger partial charge in [0.25, 0.3) is 5.91 Å². The van der Waals surface area contributed by atoms with Crippen LogP contribution in [0.4, 0.5) is 5.69 Å². The van der Waals surface area contributed by atoms with E-state index in [1.807, 2.05) is 4.90 Å². The monoisotopic (exact) mass is 431 g/mol. The van der Waals surface area contributed by atoms with E-state index in [1.165, 1.54) is 0 Å². The zero-order valence-corrected chi connectivity index (χ0v) is 17.9. The molecule has 0 unspecified atom stereocenters. The van der Waals surface area contributed by atoms with Crippen molar-refractivity contribution in [1.29, 1.82) is 0 Å². The summed E-state index contributed by atoms with van der Waals surface area (Å²) in [4.78, 5) is 29.2. The summed E-state index contributed by atoms with van der Waals surface area (Å²) in [5.41, 5.74) is 1.07. The van der Waals surface area contributed by atoms with Crippen LogP contribution in [0.5, 0.6) is 11.5 Å². The largest absolute Gasteiger partial charge is 0.497 e. The second kappa shape index (κ2) is 10.3. The van der Waals surface area contributed by atoms with Gasteiger partial charge in [-0.15, -0.1) is 0 Å². The minimum Gasteiger partial charge on any atom is -0.497 e. The second-order valence-corrected chi connectivity index (χ2v) is 7.42. The lowest BCUT2D eigenvalue weighted by atomic mass is 10.2. The maximum absolute atomic E-state index is 12.8. The average molecular weight is 432 g/mol. The lowest BCUT2D eigenvalue weighted by molar-refractivity contribution is -0.117. The van der Waals surface area contributed by atoms with E-state index in [0.717, 1.165) is 13.0 Å². The Bertz CT molecular complexity index is 906. The lowest BCUT2D eigenvalue weighted by Gasteiger charge is -2.22. The summed E-state index contributed by atoms with van der Waals surface area (Å²) in [6.07, 6.45) is 0.784. The van der Waals surface area contributed by atoms with Crippen molar-refractivity contribution < 1.29 is 19.1 Å². The number of hydrogen-bond acceptors (Lipinski definition) is 5. The van der Waals surface area contributed by atoms with Gasteiger partial charge in [-0.3, -0.25) is 14.5 Å². The van der Waals surface area contributed by atoms with Gasteiger partial charge in [0.1, 0.15) is 11.5 Å². The topological polar surface area (TPSA) is 71.1 Å². The number of methoxy groups -OCH3 is 2. The molecule has 1 saturated heterocycles. The summed E-state index contributed by atoms with van der Waals surface area (Å²) in [6.45, 7) is 2.74. The molecule has 1 aliphatic rings. The predicted octanol–water partition coefficient (Wildman–Crippen LogP) is 3.14. The molecular formula is C22H26ClN3O4. The fraction of sp³-hybridized carbons (Fsp3) is 0.364. The summed E-state index contributed by atoms with van der Waals surface area (Å²) in [5, 5.41) is 3.34. The van der Waals surface area contributed by atoms with Crippen LogP contribution in [-0.2, 0) is 4.79 Å². The number of nitrogens with one attached hydrogen (secondary N) is 1. The van der Waals surface area contributed by atoms with Crippen molar-refractivity contribution >= 4 is 29.1 Å². The number of hydrogen-bond donors (Lipinski definition) is 1. The number of anilines is 1. The molecule has 3 rings (SSSR count). The maximum Gasteiger partial charge on any atom is 0.255 e. The Kier molecular flexibility index (Phi) is 7.54. The van der Waals surface area contributed by atoms with E-state index < -0.39 is 0 Å². The molecule has 2 aromatic rings. The van der Waals surface area contributed by atoms with E-state index in [-0.39, 0.29) is 18.4 Å². The van der Waals surface area contributed by atoms with Crippen LogP contribution in [0, 0.1) is 0 Å². The van der Waals surface area contributed by atoms with Crippen molar-refractivity contribution in [3.05, 3.63) is 53.1 Å². The quantitative estimate of drug-likeness (QED) is 0.760. The Balaban J connectivity index is 1.58. The Morgan fingerprint density at radius 3 is 2.57 bits per heavy atom. The van der Waals surface area contributed by atoms with Gasteiger partial charge < -0.3 is 19.7 Å². The molecule has 0 aromatic heterocycles. The van der Waals surface area contributed by atoms with Crippen LogP contribution >= 0.6 is 11.6 Å². The van der Waals surface area contributed by atoms with Crippen LogP contribution in [-0.4, -0.2) is 68.6 Å². The van der Waals surface area contributed by atoms with Crippen molar-refractivity contribution in [2.75, 3.05) is 52.3 Å². The third-order valence-electron chi connectivity index (χ3n) is 5.03. The van der Waals surface area contributed by atoms with Crippen molar-refractivity contribution in [2.24, 2.45) is 0 Å². The first-order valence-electron chi connectivity index (χ1n) is 9.80. The molecule has 7 nitrogen and oxygen atoms in total. The predicted molar refractivity (Wildman–Crippen MR) is 117 cm³/mol.